The van der Waals surface area contributed by atoms with E-state index in [0.29, 0.717) is 0 Å². The minimum atomic E-state index is -0.620. The lowest BCUT2D eigenvalue weighted by molar-refractivity contribution is 0.216. The molecule has 7 aromatic rings. The number of para-hydroxylation sites is 2. The van der Waals surface area contributed by atoms with Crippen molar-refractivity contribution in [3.63, 3.8) is 0 Å². The Bertz CT molecular complexity index is 2530. The van der Waals surface area contributed by atoms with Crippen molar-refractivity contribution < 1.29 is 4.74 Å². The summed E-state index contributed by atoms with van der Waals surface area (Å²) in [6.07, 6.45) is 4.52. The molecule has 2 aliphatic heterocycles. The standard InChI is InChI=1S/C47H35N3O/c1-47(35-19-9-4-10-20-35)30-42(48-46(49-47)34-17-7-3-8-18-34)50-40-23-13-11-22-37(40)43-38(33-27-25-32(26-28-33)31-15-5-2-6-16-31)29-39-36-21-12-14-24-41(36)51-45(39)44(43)50/h2-30,39,45H,1H3,(H,48,49). The molecule has 3 atom stereocenters. The Hall–Kier alpha value is -6.39. The van der Waals surface area contributed by atoms with Gasteiger partial charge in [0.05, 0.1) is 11.2 Å². The second kappa shape index (κ2) is 11.6. The molecular weight excluding hydrogens is 623 g/mol. The van der Waals surface area contributed by atoms with Crippen LogP contribution in [0.15, 0.2) is 181 Å². The zero-order chi connectivity index (χ0) is 33.9. The first-order chi connectivity index (χ1) is 25.1. The molecule has 0 spiro atoms. The summed E-state index contributed by atoms with van der Waals surface area (Å²) in [5.41, 5.74) is 11.1. The van der Waals surface area contributed by atoms with Crippen molar-refractivity contribution in [2.45, 2.75) is 24.5 Å². The average Bonchev–Trinajstić information content (AvgIpc) is 3.75. The molecule has 0 saturated carbocycles. The van der Waals surface area contributed by atoms with Crippen LogP contribution in [-0.2, 0) is 5.54 Å². The fraction of sp³-hybridized carbons (Fsp3) is 0.0851. The molecule has 4 heteroatoms. The maximum absolute atomic E-state index is 6.96. The molecule has 0 radical (unpaired) electrons. The van der Waals surface area contributed by atoms with Crippen LogP contribution in [0.1, 0.15) is 52.5 Å². The minimum Gasteiger partial charge on any atom is -0.483 e. The molecule has 0 saturated heterocycles. The van der Waals surface area contributed by atoms with Gasteiger partial charge in [0.2, 0.25) is 0 Å². The Labute approximate surface area is 297 Å². The van der Waals surface area contributed by atoms with Crippen molar-refractivity contribution in [1.29, 1.82) is 0 Å². The monoisotopic (exact) mass is 657 g/mol. The van der Waals surface area contributed by atoms with Gasteiger partial charge in [-0.3, -0.25) is 9.56 Å². The largest absolute Gasteiger partial charge is 0.483 e. The van der Waals surface area contributed by atoms with E-state index < -0.39 is 5.54 Å². The summed E-state index contributed by atoms with van der Waals surface area (Å²) in [5.74, 6) is 2.79. The number of amidine groups is 1. The molecule has 3 unspecified atom stereocenters. The van der Waals surface area contributed by atoms with Gasteiger partial charge in [-0.1, -0.05) is 158 Å². The number of nitrogens with one attached hydrogen (secondary N) is 1. The van der Waals surface area contributed by atoms with Crippen LogP contribution >= 0.6 is 0 Å². The fourth-order valence-electron chi connectivity index (χ4n) is 8.18. The van der Waals surface area contributed by atoms with Crippen LogP contribution in [0.3, 0.4) is 0 Å². The predicted molar refractivity (Wildman–Crippen MR) is 208 cm³/mol. The summed E-state index contributed by atoms with van der Waals surface area (Å²) in [4.78, 5) is 5.37. The number of ether oxygens (including phenoxy) is 1. The lowest BCUT2D eigenvalue weighted by Crippen LogP contribution is -2.36. The highest BCUT2D eigenvalue weighted by atomic mass is 16.5. The summed E-state index contributed by atoms with van der Waals surface area (Å²) in [7, 11) is 0. The fourth-order valence-corrected chi connectivity index (χ4v) is 8.18. The Balaban J connectivity index is 1.21. The number of fused-ring (bicyclic) bond motifs is 7. The number of benzene rings is 6. The molecule has 1 N–H and O–H groups in total. The van der Waals surface area contributed by atoms with Crippen LogP contribution < -0.4 is 10.1 Å². The third-order valence-corrected chi connectivity index (χ3v) is 10.6. The highest BCUT2D eigenvalue weighted by Gasteiger charge is 2.44. The van der Waals surface area contributed by atoms with Crippen LogP contribution in [-0.4, -0.2) is 10.4 Å². The third-order valence-electron chi connectivity index (χ3n) is 10.6. The molecule has 0 bridgehead atoms. The van der Waals surface area contributed by atoms with Crippen LogP contribution in [0.25, 0.3) is 33.4 Å². The van der Waals surface area contributed by atoms with Crippen LogP contribution in [0.2, 0.25) is 0 Å². The summed E-state index contributed by atoms with van der Waals surface area (Å²) in [5, 5.41) is 5.01. The molecule has 3 heterocycles. The molecule has 244 valence electrons. The van der Waals surface area contributed by atoms with Crippen molar-refractivity contribution in [2.24, 2.45) is 4.99 Å². The van der Waals surface area contributed by atoms with Crippen molar-refractivity contribution in [3.8, 4) is 16.9 Å². The Morgan fingerprint density at radius 2 is 1.24 bits per heavy atom. The molecule has 3 aliphatic rings. The van der Waals surface area contributed by atoms with E-state index in [0.717, 1.165) is 39.7 Å². The first kappa shape index (κ1) is 29.5. The Morgan fingerprint density at radius 1 is 0.627 bits per heavy atom. The van der Waals surface area contributed by atoms with Crippen molar-refractivity contribution in [1.82, 2.24) is 9.88 Å². The molecule has 0 fully saturated rings. The average molecular weight is 658 g/mol. The number of rotatable bonds is 5. The summed E-state index contributed by atoms with van der Waals surface area (Å²) < 4.78 is 9.37. The maximum atomic E-state index is 6.96. The van der Waals surface area contributed by atoms with E-state index in [1.54, 1.807) is 0 Å². The van der Waals surface area contributed by atoms with Gasteiger partial charge >= 0.3 is 0 Å². The smallest absolute Gasteiger partial charge is 0.150 e. The van der Waals surface area contributed by atoms with Gasteiger partial charge < -0.3 is 10.1 Å². The van der Waals surface area contributed by atoms with Gasteiger partial charge in [-0.05, 0) is 53.0 Å². The van der Waals surface area contributed by atoms with E-state index in [1.165, 1.54) is 38.8 Å². The maximum Gasteiger partial charge on any atom is 0.150 e. The van der Waals surface area contributed by atoms with Crippen LogP contribution in [0.5, 0.6) is 5.75 Å². The molecule has 4 nitrogen and oxygen atoms in total. The van der Waals surface area contributed by atoms with E-state index >= 15 is 0 Å². The topological polar surface area (TPSA) is 38.5 Å². The zero-order valence-electron chi connectivity index (χ0n) is 28.2. The lowest BCUT2D eigenvalue weighted by atomic mass is 9.80. The second-order valence-corrected chi connectivity index (χ2v) is 13.7. The Morgan fingerprint density at radius 3 is 2.00 bits per heavy atom. The minimum absolute atomic E-state index is 0.0486. The molecule has 51 heavy (non-hydrogen) atoms. The molecule has 1 aliphatic carbocycles. The molecule has 1 aromatic heterocycles. The summed E-state index contributed by atoms with van der Waals surface area (Å²) >= 11 is 0. The first-order valence-electron chi connectivity index (χ1n) is 17.6. The van der Waals surface area contributed by atoms with Crippen LogP contribution in [0.4, 0.5) is 0 Å². The lowest BCUT2D eigenvalue weighted by Gasteiger charge is -2.33. The van der Waals surface area contributed by atoms with Gasteiger partial charge in [0.1, 0.15) is 29.0 Å². The summed E-state index contributed by atoms with van der Waals surface area (Å²) in [6.45, 7) is 2.20. The number of hydrogen-bond donors (Lipinski definition) is 1. The highest BCUT2D eigenvalue weighted by molar-refractivity contribution is 6.06. The molecule has 6 aromatic carbocycles. The van der Waals surface area contributed by atoms with Gasteiger partial charge in [-0.2, -0.15) is 0 Å². The number of aliphatic imine (C=N–C) groups is 1. The van der Waals surface area contributed by atoms with E-state index in [4.69, 9.17) is 9.73 Å². The molecule has 10 rings (SSSR count). The first-order valence-corrected chi connectivity index (χ1v) is 17.6. The van der Waals surface area contributed by atoms with Crippen molar-refractivity contribution in [2.75, 3.05) is 0 Å². The van der Waals surface area contributed by atoms with E-state index in [1.807, 2.05) is 6.07 Å². The van der Waals surface area contributed by atoms with Crippen molar-refractivity contribution >= 4 is 28.1 Å². The summed E-state index contributed by atoms with van der Waals surface area (Å²) in [6, 6.07) is 57.9. The third kappa shape index (κ3) is 4.79. The number of aromatic nitrogens is 1. The zero-order valence-corrected chi connectivity index (χ0v) is 28.2. The number of hydrogen-bond acceptors (Lipinski definition) is 3. The highest BCUT2D eigenvalue weighted by Crippen LogP contribution is 2.55. The van der Waals surface area contributed by atoms with E-state index in [2.05, 4.69) is 187 Å². The quantitative estimate of drug-likeness (QED) is 0.200. The second-order valence-electron chi connectivity index (χ2n) is 13.7. The predicted octanol–water partition coefficient (Wildman–Crippen LogP) is 10.7. The van der Waals surface area contributed by atoms with Gasteiger partial charge in [0.15, 0.2) is 0 Å². The molecular formula is C47H35N3O. The SMILES string of the molecule is CC1(c2ccccc2)C=C(n2c3c(c4ccccc42)C(c2ccc(-c4ccccc4)cc2)=CC2c4ccccc4OC32)NC(c2ccccc2)=N1. The normalized spacial score (nSPS) is 20.2. The van der Waals surface area contributed by atoms with Crippen molar-refractivity contribution in [3.05, 3.63) is 209 Å². The van der Waals surface area contributed by atoms with Gasteiger partial charge in [-0.25, -0.2) is 0 Å². The van der Waals surface area contributed by atoms with E-state index in [9.17, 15) is 0 Å². The van der Waals surface area contributed by atoms with E-state index in [-0.39, 0.29) is 12.0 Å². The van der Waals surface area contributed by atoms with Gasteiger partial charge in [-0.15, -0.1) is 0 Å². The van der Waals surface area contributed by atoms with Gasteiger partial charge in [0.25, 0.3) is 0 Å². The number of nitrogens with zero attached hydrogens (tertiary/aromatic N) is 2. The molecule has 0 amide bonds. The van der Waals surface area contributed by atoms with Gasteiger partial charge in [0, 0.05) is 28.0 Å². The Kier molecular flexibility index (Phi) is 6.72. The van der Waals surface area contributed by atoms with Crippen LogP contribution in [0, 0.1) is 0 Å².